The molecule has 0 aromatic rings. The number of hydrogen-bond donors (Lipinski definition) is 0. The van der Waals surface area contributed by atoms with Gasteiger partial charge in [-0.3, -0.25) is 4.79 Å². The van der Waals surface area contributed by atoms with Gasteiger partial charge >= 0.3 is 5.97 Å². The molecule has 0 saturated carbocycles. The van der Waals surface area contributed by atoms with Crippen molar-refractivity contribution in [3.8, 4) is 0 Å². The lowest BCUT2D eigenvalue weighted by Gasteiger charge is -2.19. The van der Waals surface area contributed by atoms with Gasteiger partial charge in [0.05, 0.1) is 7.11 Å². The summed E-state index contributed by atoms with van der Waals surface area (Å²) in [6, 6.07) is 0. The molecule has 0 amide bonds. The van der Waals surface area contributed by atoms with Crippen LogP contribution in [0.4, 0.5) is 0 Å². The van der Waals surface area contributed by atoms with Crippen molar-refractivity contribution in [2.45, 2.75) is 51.9 Å². The highest BCUT2D eigenvalue weighted by Crippen LogP contribution is 2.21. The molecule has 1 fully saturated rings. The summed E-state index contributed by atoms with van der Waals surface area (Å²) >= 11 is 0. The van der Waals surface area contributed by atoms with E-state index < -0.39 is 0 Å². The number of esters is 1. The smallest absolute Gasteiger partial charge is 0.305 e. The van der Waals surface area contributed by atoms with E-state index in [4.69, 9.17) is 0 Å². The van der Waals surface area contributed by atoms with Crippen LogP contribution in [0.1, 0.15) is 51.9 Å². The monoisotopic (exact) mass is 241 g/mol. The van der Waals surface area contributed by atoms with Gasteiger partial charge in [-0.05, 0) is 51.2 Å². The van der Waals surface area contributed by atoms with Crippen LogP contribution in [0.3, 0.4) is 0 Å². The van der Waals surface area contributed by atoms with Gasteiger partial charge in [-0.25, -0.2) is 0 Å². The van der Waals surface area contributed by atoms with Crippen molar-refractivity contribution in [2.24, 2.45) is 5.92 Å². The Balaban J connectivity index is 2.15. The van der Waals surface area contributed by atoms with Gasteiger partial charge in [0, 0.05) is 6.42 Å². The van der Waals surface area contributed by atoms with Crippen LogP contribution in [-0.4, -0.2) is 37.6 Å². The summed E-state index contributed by atoms with van der Waals surface area (Å²) in [6.45, 7) is 5.75. The highest BCUT2D eigenvalue weighted by molar-refractivity contribution is 5.69. The number of likely N-dealkylation sites (tertiary alicyclic amines) is 1. The minimum absolute atomic E-state index is 0.0799. The van der Waals surface area contributed by atoms with E-state index in [9.17, 15) is 4.79 Å². The maximum atomic E-state index is 11.0. The molecule has 1 atom stereocenters. The van der Waals surface area contributed by atoms with Gasteiger partial charge in [-0.15, -0.1) is 0 Å². The number of hydrogen-bond acceptors (Lipinski definition) is 3. The van der Waals surface area contributed by atoms with Crippen LogP contribution in [0, 0.1) is 5.92 Å². The summed E-state index contributed by atoms with van der Waals surface area (Å²) in [5, 5.41) is 0. The van der Waals surface area contributed by atoms with Gasteiger partial charge in [0.15, 0.2) is 0 Å². The van der Waals surface area contributed by atoms with Crippen molar-refractivity contribution < 1.29 is 9.53 Å². The van der Waals surface area contributed by atoms with Gasteiger partial charge in [-0.2, -0.15) is 0 Å². The number of nitrogens with zero attached hydrogens (tertiary/aromatic N) is 1. The molecular weight excluding hydrogens is 214 g/mol. The van der Waals surface area contributed by atoms with Gasteiger partial charge in [0.1, 0.15) is 0 Å². The molecule has 1 aliphatic rings. The van der Waals surface area contributed by atoms with Crippen LogP contribution < -0.4 is 0 Å². The molecular formula is C14H27NO2. The molecule has 0 bridgehead atoms. The van der Waals surface area contributed by atoms with Crippen LogP contribution in [0.15, 0.2) is 0 Å². The molecule has 0 N–H and O–H groups in total. The number of rotatable bonds is 6. The van der Waals surface area contributed by atoms with Crippen molar-refractivity contribution in [2.75, 3.05) is 26.7 Å². The predicted octanol–water partition coefficient (Wildman–Crippen LogP) is 2.84. The molecule has 0 aromatic carbocycles. The Morgan fingerprint density at radius 2 is 2.18 bits per heavy atom. The van der Waals surface area contributed by atoms with E-state index in [-0.39, 0.29) is 5.97 Å². The third-order valence-corrected chi connectivity index (χ3v) is 3.72. The average Bonchev–Trinajstić information content (AvgIpc) is 2.55. The minimum Gasteiger partial charge on any atom is -0.469 e. The van der Waals surface area contributed by atoms with E-state index in [0.717, 1.165) is 18.9 Å². The molecule has 1 rings (SSSR count). The largest absolute Gasteiger partial charge is 0.469 e. The van der Waals surface area contributed by atoms with Gasteiger partial charge in [0.25, 0.3) is 0 Å². The molecule has 1 saturated heterocycles. The van der Waals surface area contributed by atoms with Gasteiger partial charge < -0.3 is 9.64 Å². The molecule has 17 heavy (non-hydrogen) atoms. The Kier molecular flexibility index (Phi) is 7.25. The van der Waals surface area contributed by atoms with E-state index in [1.54, 1.807) is 0 Å². The summed E-state index contributed by atoms with van der Waals surface area (Å²) in [6.07, 6.45) is 8.25. The second-order valence-electron chi connectivity index (χ2n) is 5.11. The molecule has 100 valence electrons. The van der Waals surface area contributed by atoms with Crippen molar-refractivity contribution in [1.82, 2.24) is 4.90 Å². The quantitative estimate of drug-likeness (QED) is 0.670. The van der Waals surface area contributed by atoms with E-state index in [2.05, 4.69) is 16.6 Å². The molecule has 1 unspecified atom stereocenters. The number of methoxy groups -OCH3 is 1. The van der Waals surface area contributed by atoms with Crippen LogP contribution in [0.2, 0.25) is 0 Å². The van der Waals surface area contributed by atoms with Crippen molar-refractivity contribution >= 4 is 5.97 Å². The van der Waals surface area contributed by atoms with Crippen molar-refractivity contribution in [3.63, 3.8) is 0 Å². The van der Waals surface area contributed by atoms with E-state index in [1.165, 1.54) is 52.3 Å². The zero-order chi connectivity index (χ0) is 12.5. The Bertz CT molecular complexity index is 218. The minimum atomic E-state index is -0.0799. The van der Waals surface area contributed by atoms with Gasteiger partial charge in [-0.1, -0.05) is 19.8 Å². The molecule has 0 radical (unpaired) electrons. The van der Waals surface area contributed by atoms with Crippen LogP contribution in [0.25, 0.3) is 0 Å². The third-order valence-electron chi connectivity index (χ3n) is 3.72. The first-order valence-corrected chi connectivity index (χ1v) is 7.05. The number of ether oxygens (including phenoxy) is 1. The fourth-order valence-corrected chi connectivity index (χ4v) is 2.69. The van der Waals surface area contributed by atoms with E-state index in [0.29, 0.717) is 6.42 Å². The Morgan fingerprint density at radius 1 is 1.35 bits per heavy atom. The SMILES string of the molecule is CCCC1CCCN(CCCC(=O)OC)CC1. The third kappa shape index (κ3) is 6.06. The van der Waals surface area contributed by atoms with Crippen LogP contribution in [-0.2, 0) is 9.53 Å². The van der Waals surface area contributed by atoms with Crippen molar-refractivity contribution in [1.29, 1.82) is 0 Å². The zero-order valence-corrected chi connectivity index (χ0v) is 11.4. The average molecular weight is 241 g/mol. The second-order valence-corrected chi connectivity index (χ2v) is 5.11. The standard InChI is InChI=1S/C14H27NO2/c1-3-6-13-7-4-10-15(12-9-13)11-5-8-14(16)17-2/h13H,3-12H2,1-2H3. The Morgan fingerprint density at radius 3 is 2.88 bits per heavy atom. The second kappa shape index (κ2) is 8.51. The molecule has 0 aromatic heterocycles. The van der Waals surface area contributed by atoms with Crippen molar-refractivity contribution in [3.05, 3.63) is 0 Å². The van der Waals surface area contributed by atoms with E-state index in [1.807, 2.05) is 0 Å². The van der Waals surface area contributed by atoms with Crippen LogP contribution >= 0.6 is 0 Å². The number of carbonyl (C=O) groups is 1. The topological polar surface area (TPSA) is 29.5 Å². The normalized spacial score (nSPS) is 22.1. The lowest BCUT2D eigenvalue weighted by Crippen LogP contribution is -2.26. The Hall–Kier alpha value is -0.570. The van der Waals surface area contributed by atoms with Crippen LogP contribution in [0.5, 0.6) is 0 Å². The molecule has 1 aliphatic heterocycles. The zero-order valence-electron chi connectivity index (χ0n) is 11.4. The Labute approximate surface area is 106 Å². The number of carbonyl (C=O) groups excluding carboxylic acids is 1. The fraction of sp³-hybridized carbons (Fsp3) is 0.929. The van der Waals surface area contributed by atoms with Gasteiger partial charge in [0.2, 0.25) is 0 Å². The maximum absolute atomic E-state index is 11.0. The highest BCUT2D eigenvalue weighted by Gasteiger charge is 2.16. The summed E-state index contributed by atoms with van der Waals surface area (Å²) < 4.78 is 4.66. The molecule has 0 aliphatic carbocycles. The lowest BCUT2D eigenvalue weighted by atomic mass is 9.96. The fourth-order valence-electron chi connectivity index (χ4n) is 2.69. The first kappa shape index (κ1) is 14.5. The lowest BCUT2D eigenvalue weighted by molar-refractivity contribution is -0.140. The molecule has 0 spiro atoms. The summed E-state index contributed by atoms with van der Waals surface area (Å²) in [5.41, 5.74) is 0. The maximum Gasteiger partial charge on any atom is 0.305 e. The predicted molar refractivity (Wildman–Crippen MR) is 69.9 cm³/mol. The molecule has 1 heterocycles. The van der Waals surface area contributed by atoms with E-state index >= 15 is 0 Å². The summed E-state index contributed by atoms with van der Waals surface area (Å²) in [7, 11) is 1.46. The summed E-state index contributed by atoms with van der Waals surface area (Å²) in [5.74, 6) is 0.856. The molecule has 3 nitrogen and oxygen atoms in total. The first-order chi connectivity index (χ1) is 8.26. The first-order valence-electron chi connectivity index (χ1n) is 7.05. The molecule has 3 heteroatoms. The highest BCUT2D eigenvalue weighted by atomic mass is 16.5. The summed E-state index contributed by atoms with van der Waals surface area (Å²) in [4.78, 5) is 13.5.